The number of rotatable bonds is 5. The molecule has 0 aliphatic heterocycles. The summed E-state index contributed by atoms with van der Waals surface area (Å²) in [6, 6.07) is 8.05. The molecule has 3 rings (SSSR count). The van der Waals surface area contributed by atoms with Crippen LogP contribution in [0.4, 0.5) is 10.1 Å². The van der Waals surface area contributed by atoms with E-state index >= 15 is 0 Å². The van der Waals surface area contributed by atoms with E-state index in [1.807, 2.05) is 0 Å². The van der Waals surface area contributed by atoms with E-state index in [0.717, 1.165) is 12.1 Å². The molecular formula is C17H15FN2O5S. The summed E-state index contributed by atoms with van der Waals surface area (Å²) in [6.45, 7) is 1.44. The third kappa shape index (κ3) is 3.08. The SMILES string of the molecule is COc1ccc2[nH]c(C(=O)O)c(NS(=O)(=O)c3ccc(F)c(C)c3)c2c1. The number of hydrogen-bond acceptors (Lipinski definition) is 4. The zero-order valence-corrected chi connectivity index (χ0v) is 14.6. The molecule has 1 aromatic heterocycles. The molecular weight excluding hydrogens is 363 g/mol. The van der Waals surface area contributed by atoms with E-state index < -0.39 is 21.8 Å². The minimum atomic E-state index is -4.13. The first-order chi connectivity index (χ1) is 12.2. The van der Waals surface area contributed by atoms with E-state index in [1.165, 1.54) is 26.2 Å². The number of methoxy groups -OCH3 is 1. The topological polar surface area (TPSA) is 108 Å². The van der Waals surface area contributed by atoms with Gasteiger partial charge in [-0.3, -0.25) is 4.72 Å². The van der Waals surface area contributed by atoms with Crippen molar-refractivity contribution < 1.29 is 27.4 Å². The van der Waals surface area contributed by atoms with E-state index in [9.17, 15) is 22.7 Å². The van der Waals surface area contributed by atoms with Gasteiger partial charge < -0.3 is 14.8 Å². The fraction of sp³-hybridized carbons (Fsp3) is 0.118. The van der Waals surface area contributed by atoms with Crippen molar-refractivity contribution in [3.8, 4) is 5.75 Å². The van der Waals surface area contributed by atoms with Crippen LogP contribution >= 0.6 is 0 Å². The number of carboxylic acid groups (broad SMARTS) is 1. The van der Waals surface area contributed by atoms with Crippen molar-refractivity contribution in [2.75, 3.05) is 11.8 Å². The van der Waals surface area contributed by atoms with Crippen LogP contribution in [0.2, 0.25) is 0 Å². The molecule has 0 atom stereocenters. The fourth-order valence-corrected chi connectivity index (χ4v) is 3.72. The Kier molecular flexibility index (Phi) is 4.33. The number of benzene rings is 2. The van der Waals surface area contributed by atoms with E-state index in [1.54, 1.807) is 12.1 Å². The average Bonchev–Trinajstić information content (AvgIpc) is 2.94. The van der Waals surface area contributed by atoms with Gasteiger partial charge in [-0.15, -0.1) is 0 Å². The molecule has 26 heavy (non-hydrogen) atoms. The van der Waals surface area contributed by atoms with Crippen LogP contribution in [0.25, 0.3) is 10.9 Å². The van der Waals surface area contributed by atoms with E-state index in [4.69, 9.17) is 4.74 Å². The smallest absolute Gasteiger partial charge is 0.354 e. The van der Waals surface area contributed by atoms with Crippen molar-refractivity contribution in [2.45, 2.75) is 11.8 Å². The highest BCUT2D eigenvalue weighted by atomic mass is 32.2. The molecule has 2 aromatic carbocycles. The Hall–Kier alpha value is -3.07. The quantitative estimate of drug-likeness (QED) is 0.632. The summed E-state index contributed by atoms with van der Waals surface area (Å²) in [5, 5.41) is 9.73. The van der Waals surface area contributed by atoms with E-state index in [0.29, 0.717) is 16.7 Å². The molecule has 136 valence electrons. The van der Waals surface area contributed by atoms with Gasteiger partial charge in [0.2, 0.25) is 0 Å². The van der Waals surface area contributed by atoms with Crippen LogP contribution in [-0.4, -0.2) is 31.6 Å². The van der Waals surface area contributed by atoms with Gasteiger partial charge in [0, 0.05) is 10.9 Å². The third-order valence-corrected chi connectivity index (χ3v) is 5.24. The number of aromatic nitrogens is 1. The van der Waals surface area contributed by atoms with Crippen LogP contribution in [0, 0.1) is 12.7 Å². The first-order valence-corrected chi connectivity index (χ1v) is 8.93. The number of ether oxygens (including phenoxy) is 1. The molecule has 0 bridgehead atoms. The minimum absolute atomic E-state index is 0.117. The number of fused-ring (bicyclic) bond motifs is 1. The molecule has 3 N–H and O–H groups in total. The second-order valence-electron chi connectivity index (χ2n) is 5.61. The highest BCUT2D eigenvalue weighted by Gasteiger charge is 2.23. The Bertz CT molecular complexity index is 1120. The summed E-state index contributed by atoms with van der Waals surface area (Å²) in [6.07, 6.45) is 0. The van der Waals surface area contributed by atoms with Crippen molar-refractivity contribution in [1.82, 2.24) is 4.98 Å². The highest BCUT2D eigenvalue weighted by molar-refractivity contribution is 7.92. The molecule has 0 unspecified atom stereocenters. The predicted octanol–water partition coefficient (Wildman–Crippen LogP) is 3.12. The summed E-state index contributed by atoms with van der Waals surface area (Å²) in [5.41, 5.74) is 0.159. The van der Waals surface area contributed by atoms with Crippen LogP contribution in [0.5, 0.6) is 5.75 Å². The fourth-order valence-electron chi connectivity index (χ4n) is 2.54. The molecule has 0 fully saturated rings. The molecule has 0 saturated heterocycles. The van der Waals surface area contributed by atoms with Crippen LogP contribution < -0.4 is 9.46 Å². The number of anilines is 1. The summed E-state index contributed by atoms with van der Waals surface area (Å²) in [5.74, 6) is -1.42. The van der Waals surface area contributed by atoms with Gasteiger partial charge in [-0.2, -0.15) is 0 Å². The zero-order chi connectivity index (χ0) is 19.1. The number of aromatic amines is 1. The number of carboxylic acids is 1. The zero-order valence-electron chi connectivity index (χ0n) is 13.8. The largest absolute Gasteiger partial charge is 0.497 e. The number of hydrogen-bond donors (Lipinski definition) is 3. The van der Waals surface area contributed by atoms with Gasteiger partial charge in [0.1, 0.15) is 17.3 Å². The van der Waals surface area contributed by atoms with Gasteiger partial charge in [0.15, 0.2) is 0 Å². The van der Waals surface area contributed by atoms with E-state index in [-0.39, 0.29) is 21.8 Å². The van der Waals surface area contributed by atoms with Crippen LogP contribution in [0.15, 0.2) is 41.3 Å². The standard InChI is InChI=1S/C17H15FN2O5S/c1-9-7-11(4-5-13(9)18)26(23,24)20-15-12-8-10(25-2)3-6-14(12)19-16(15)17(21)22/h3-8,19-20H,1-2H3,(H,21,22). The number of sulfonamides is 1. The molecule has 0 saturated carbocycles. The lowest BCUT2D eigenvalue weighted by Crippen LogP contribution is -2.15. The molecule has 1 heterocycles. The van der Waals surface area contributed by atoms with Gasteiger partial charge in [-0.1, -0.05) is 0 Å². The molecule has 0 aliphatic rings. The lowest BCUT2D eigenvalue weighted by Gasteiger charge is -2.10. The first-order valence-electron chi connectivity index (χ1n) is 7.45. The van der Waals surface area contributed by atoms with Gasteiger partial charge in [-0.05, 0) is 48.9 Å². The Balaban J connectivity index is 2.15. The molecule has 9 heteroatoms. The first kappa shape index (κ1) is 17.7. The Morgan fingerprint density at radius 2 is 1.96 bits per heavy atom. The highest BCUT2D eigenvalue weighted by Crippen LogP contribution is 2.32. The van der Waals surface area contributed by atoms with Crippen molar-refractivity contribution in [1.29, 1.82) is 0 Å². The van der Waals surface area contributed by atoms with Crippen molar-refractivity contribution in [3.63, 3.8) is 0 Å². The van der Waals surface area contributed by atoms with Gasteiger partial charge in [-0.25, -0.2) is 17.6 Å². The maximum atomic E-state index is 13.4. The van der Waals surface area contributed by atoms with Crippen LogP contribution in [-0.2, 0) is 10.0 Å². The predicted molar refractivity (Wildman–Crippen MR) is 93.8 cm³/mol. The van der Waals surface area contributed by atoms with Crippen LogP contribution in [0.1, 0.15) is 16.1 Å². The second-order valence-corrected chi connectivity index (χ2v) is 7.29. The van der Waals surface area contributed by atoms with Gasteiger partial charge >= 0.3 is 5.97 Å². The Labute approximate surface area is 148 Å². The normalized spacial score (nSPS) is 11.5. The van der Waals surface area contributed by atoms with Crippen LogP contribution in [0.3, 0.4) is 0 Å². The van der Waals surface area contributed by atoms with Gasteiger partial charge in [0.25, 0.3) is 10.0 Å². The van der Waals surface area contributed by atoms with Crippen molar-refractivity contribution >= 4 is 32.6 Å². The summed E-state index contributed by atoms with van der Waals surface area (Å²) in [7, 11) is -2.69. The number of carbonyl (C=O) groups is 1. The number of nitrogens with one attached hydrogen (secondary N) is 2. The number of H-pyrrole nitrogens is 1. The molecule has 0 radical (unpaired) electrons. The monoisotopic (exact) mass is 378 g/mol. The lowest BCUT2D eigenvalue weighted by atomic mass is 10.2. The summed E-state index contributed by atoms with van der Waals surface area (Å²) >= 11 is 0. The lowest BCUT2D eigenvalue weighted by molar-refractivity contribution is 0.0692. The Morgan fingerprint density at radius 1 is 1.23 bits per heavy atom. The second kappa shape index (κ2) is 6.34. The molecule has 7 nitrogen and oxygen atoms in total. The molecule has 0 aliphatic carbocycles. The third-order valence-electron chi connectivity index (χ3n) is 3.90. The Morgan fingerprint density at radius 3 is 2.58 bits per heavy atom. The molecule has 3 aromatic rings. The minimum Gasteiger partial charge on any atom is -0.497 e. The van der Waals surface area contributed by atoms with Crippen molar-refractivity contribution in [2.24, 2.45) is 0 Å². The number of halogens is 1. The maximum absolute atomic E-state index is 13.4. The summed E-state index contributed by atoms with van der Waals surface area (Å²) < 4.78 is 46.1. The van der Waals surface area contributed by atoms with Crippen molar-refractivity contribution in [3.05, 3.63) is 53.5 Å². The van der Waals surface area contributed by atoms with E-state index in [2.05, 4.69) is 9.71 Å². The molecule has 0 amide bonds. The summed E-state index contributed by atoms with van der Waals surface area (Å²) in [4.78, 5) is 14.0. The number of aromatic carboxylic acids is 1. The average molecular weight is 378 g/mol. The molecule has 0 spiro atoms. The number of aryl methyl sites for hydroxylation is 1. The maximum Gasteiger partial charge on any atom is 0.354 e. The van der Waals surface area contributed by atoms with Gasteiger partial charge in [0.05, 0.1) is 17.7 Å².